The normalized spacial score (nSPS) is 21.8. The molecule has 1 aliphatic carbocycles. The zero-order valence-electron chi connectivity index (χ0n) is 14.5. The number of nitrogens with two attached hydrogens (primary N) is 1. The fourth-order valence-corrected chi connectivity index (χ4v) is 3.34. The lowest BCUT2D eigenvalue weighted by molar-refractivity contribution is -0.125. The van der Waals surface area contributed by atoms with Crippen molar-refractivity contribution in [3.05, 3.63) is 35.4 Å². The molecular weight excluding hydrogens is 308 g/mol. The van der Waals surface area contributed by atoms with Gasteiger partial charge in [-0.3, -0.25) is 4.79 Å². The Hall–Kier alpha value is -1.06. The van der Waals surface area contributed by atoms with Crippen molar-refractivity contribution in [3.8, 4) is 0 Å². The molecule has 1 aliphatic rings. The number of hydrogen-bond donors (Lipinski definition) is 2. The first-order valence-corrected chi connectivity index (χ1v) is 8.66. The molecule has 1 saturated carbocycles. The molecular formula is C19H31ClN2O. The average Bonchev–Trinajstić information content (AvgIpc) is 2.92. The molecule has 3 N–H and O–H groups in total. The molecule has 1 fully saturated rings. The molecule has 23 heavy (non-hydrogen) atoms. The van der Waals surface area contributed by atoms with E-state index in [-0.39, 0.29) is 36.3 Å². The van der Waals surface area contributed by atoms with E-state index in [4.69, 9.17) is 5.73 Å². The van der Waals surface area contributed by atoms with Gasteiger partial charge in [0.05, 0.1) is 6.04 Å². The Labute approximate surface area is 146 Å². The summed E-state index contributed by atoms with van der Waals surface area (Å²) in [4.78, 5) is 12.5. The maximum Gasteiger partial charge on any atom is 0.223 e. The lowest BCUT2D eigenvalue weighted by atomic mass is 9.93. The molecule has 0 saturated heterocycles. The Morgan fingerprint density at radius 1 is 1.26 bits per heavy atom. The van der Waals surface area contributed by atoms with Crippen molar-refractivity contribution in [2.24, 2.45) is 17.6 Å². The maximum atomic E-state index is 12.5. The van der Waals surface area contributed by atoms with E-state index < -0.39 is 0 Å². The molecule has 0 bridgehead atoms. The summed E-state index contributed by atoms with van der Waals surface area (Å²) in [5, 5.41) is 3.25. The fourth-order valence-electron chi connectivity index (χ4n) is 3.34. The number of hydrogen-bond acceptors (Lipinski definition) is 2. The van der Waals surface area contributed by atoms with Crippen molar-refractivity contribution in [3.63, 3.8) is 0 Å². The van der Waals surface area contributed by atoms with Gasteiger partial charge in [0, 0.05) is 12.0 Å². The van der Waals surface area contributed by atoms with Gasteiger partial charge in [0.15, 0.2) is 0 Å². The SMILES string of the molecule is CCCc1ccc(C(NC(=O)C2CCC(N)C2)C(C)C)cc1.Cl. The minimum Gasteiger partial charge on any atom is -0.349 e. The van der Waals surface area contributed by atoms with Crippen molar-refractivity contribution >= 4 is 18.3 Å². The van der Waals surface area contributed by atoms with Gasteiger partial charge in [-0.1, -0.05) is 51.5 Å². The molecule has 0 aromatic heterocycles. The Morgan fingerprint density at radius 2 is 1.91 bits per heavy atom. The summed E-state index contributed by atoms with van der Waals surface area (Å²) >= 11 is 0. The highest BCUT2D eigenvalue weighted by atomic mass is 35.5. The van der Waals surface area contributed by atoms with Crippen LogP contribution in [-0.2, 0) is 11.2 Å². The number of rotatable bonds is 6. The van der Waals surface area contributed by atoms with Crippen LogP contribution in [0.2, 0.25) is 0 Å². The summed E-state index contributed by atoms with van der Waals surface area (Å²) in [6.07, 6.45) is 4.99. The van der Waals surface area contributed by atoms with Crippen molar-refractivity contribution in [2.45, 2.75) is 65.0 Å². The minimum atomic E-state index is 0. The fraction of sp³-hybridized carbons (Fsp3) is 0.632. The van der Waals surface area contributed by atoms with Crippen LogP contribution in [0.3, 0.4) is 0 Å². The highest BCUT2D eigenvalue weighted by molar-refractivity contribution is 5.85. The molecule has 0 aliphatic heterocycles. The van der Waals surface area contributed by atoms with Gasteiger partial charge in [-0.05, 0) is 42.7 Å². The number of nitrogens with one attached hydrogen (secondary N) is 1. The smallest absolute Gasteiger partial charge is 0.223 e. The van der Waals surface area contributed by atoms with Crippen molar-refractivity contribution in [1.82, 2.24) is 5.32 Å². The average molecular weight is 339 g/mol. The van der Waals surface area contributed by atoms with Gasteiger partial charge >= 0.3 is 0 Å². The molecule has 4 heteroatoms. The van der Waals surface area contributed by atoms with Gasteiger partial charge in [0.1, 0.15) is 0 Å². The lowest BCUT2D eigenvalue weighted by Crippen LogP contribution is -2.36. The van der Waals surface area contributed by atoms with Crippen LogP contribution >= 0.6 is 12.4 Å². The summed E-state index contributed by atoms with van der Waals surface area (Å²) in [5.74, 6) is 0.635. The number of carbonyl (C=O) groups is 1. The Balaban J connectivity index is 0.00000264. The molecule has 0 radical (unpaired) electrons. The van der Waals surface area contributed by atoms with Gasteiger partial charge in [-0.15, -0.1) is 12.4 Å². The molecule has 3 atom stereocenters. The monoisotopic (exact) mass is 338 g/mol. The third-order valence-electron chi connectivity index (χ3n) is 4.69. The van der Waals surface area contributed by atoms with E-state index in [9.17, 15) is 4.79 Å². The number of benzene rings is 1. The summed E-state index contributed by atoms with van der Waals surface area (Å²) in [6.45, 7) is 6.51. The van der Waals surface area contributed by atoms with Crippen LogP contribution in [0.4, 0.5) is 0 Å². The molecule has 0 heterocycles. The largest absolute Gasteiger partial charge is 0.349 e. The standard InChI is InChI=1S/C19H30N2O.ClH/c1-4-5-14-6-8-15(9-7-14)18(13(2)3)21-19(22)16-10-11-17(20)12-16;/h6-9,13,16-18H,4-5,10-12,20H2,1-3H3,(H,21,22);1H. The highest BCUT2D eigenvalue weighted by Crippen LogP contribution is 2.27. The first kappa shape index (κ1) is 20.0. The summed E-state index contributed by atoms with van der Waals surface area (Å²) < 4.78 is 0. The number of carbonyl (C=O) groups excluding carboxylic acids is 1. The van der Waals surface area contributed by atoms with E-state index >= 15 is 0 Å². The van der Waals surface area contributed by atoms with Crippen LogP contribution in [-0.4, -0.2) is 11.9 Å². The predicted molar refractivity (Wildman–Crippen MR) is 98.7 cm³/mol. The molecule has 1 aromatic carbocycles. The quantitative estimate of drug-likeness (QED) is 0.823. The van der Waals surface area contributed by atoms with E-state index in [0.717, 1.165) is 32.1 Å². The third-order valence-corrected chi connectivity index (χ3v) is 4.69. The molecule has 3 unspecified atom stereocenters. The molecule has 2 rings (SSSR count). The van der Waals surface area contributed by atoms with E-state index in [0.29, 0.717) is 5.92 Å². The van der Waals surface area contributed by atoms with Crippen LogP contribution in [0.5, 0.6) is 0 Å². The summed E-state index contributed by atoms with van der Waals surface area (Å²) in [6, 6.07) is 8.98. The highest BCUT2D eigenvalue weighted by Gasteiger charge is 2.29. The van der Waals surface area contributed by atoms with Gasteiger partial charge in [-0.25, -0.2) is 0 Å². The summed E-state index contributed by atoms with van der Waals surface area (Å²) in [7, 11) is 0. The lowest BCUT2D eigenvalue weighted by Gasteiger charge is -2.25. The van der Waals surface area contributed by atoms with Gasteiger partial charge in [0.2, 0.25) is 5.91 Å². The Morgan fingerprint density at radius 3 is 2.39 bits per heavy atom. The first-order valence-electron chi connectivity index (χ1n) is 8.66. The van der Waals surface area contributed by atoms with E-state index in [1.54, 1.807) is 0 Å². The second-order valence-electron chi connectivity index (χ2n) is 6.99. The first-order chi connectivity index (χ1) is 10.5. The molecule has 3 nitrogen and oxygen atoms in total. The molecule has 130 valence electrons. The van der Waals surface area contributed by atoms with Crippen molar-refractivity contribution < 1.29 is 4.79 Å². The number of aryl methyl sites for hydroxylation is 1. The number of halogens is 1. The zero-order chi connectivity index (χ0) is 16.1. The van der Waals surface area contributed by atoms with Crippen molar-refractivity contribution in [1.29, 1.82) is 0 Å². The van der Waals surface area contributed by atoms with Crippen LogP contribution in [0, 0.1) is 11.8 Å². The van der Waals surface area contributed by atoms with Gasteiger partial charge in [0.25, 0.3) is 0 Å². The third kappa shape index (κ3) is 5.50. The molecule has 1 amide bonds. The maximum absolute atomic E-state index is 12.5. The molecule has 1 aromatic rings. The van der Waals surface area contributed by atoms with E-state index in [1.165, 1.54) is 11.1 Å². The van der Waals surface area contributed by atoms with Crippen molar-refractivity contribution in [2.75, 3.05) is 0 Å². The molecule has 0 spiro atoms. The summed E-state index contributed by atoms with van der Waals surface area (Å²) in [5.41, 5.74) is 8.49. The van der Waals surface area contributed by atoms with Gasteiger partial charge in [-0.2, -0.15) is 0 Å². The topological polar surface area (TPSA) is 55.1 Å². The second kappa shape index (κ2) is 9.29. The Bertz CT molecular complexity index is 487. The number of amides is 1. The minimum absolute atomic E-state index is 0. The van der Waals surface area contributed by atoms with E-state index in [2.05, 4.69) is 50.4 Å². The Kier molecular flexibility index (Phi) is 8.07. The van der Waals surface area contributed by atoms with E-state index in [1.807, 2.05) is 0 Å². The van der Waals surface area contributed by atoms with Crippen LogP contribution in [0.15, 0.2) is 24.3 Å². The zero-order valence-corrected chi connectivity index (χ0v) is 15.4. The van der Waals surface area contributed by atoms with Gasteiger partial charge < -0.3 is 11.1 Å². The predicted octanol–water partition coefficient (Wildman–Crippen LogP) is 4.00. The second-order valence-corrected chi connectivity index (χ2v) is 6.99. The van der Waals surface area contributed by atoms with Crippen LogP contribution in [0.1, 0.15) is 63.6 Å². The van der Waals surface area contributed by atoms with Crippen LogP contribution < -0.4 is 11.1 Å². The van der Waals surface area contributed by atoms with Crippen LogP contribution in [0.25, 0.3) is 0 Å².